The van der Waals surface area contributed by atoms with Crippen LogP contribution in [0.1, 0.15) is 0 Å². The molecule has 5 heterocycles. The second kappa shape index (κ2) is 16.5. The second-order valence-electron chi connectivity index (χ2n) is 18.3. The molecule has 0 aliphatic heterocycles. The standard InChI is InChI=1S/C65H39N7S/c1-5-21-40(22-6-1)58-45-29-13-17-33-50(45)66-64(67-58)43-37-38-53(49(39-43)65-69-62(41-23-7-2-8-24-41)68-63(70-65)42-25-9-3-10-26-42)72-52-35-19-15-31-47(52)56-60(72)55-46-30-14-18-34-51(46)71(44-27-11-4-12-28-44)59(55)57-48-32-16-20-36-54(48)73-61(56)57/h1-39H. The Kier molecular flexibility index (Phi) is 9.30. The van der Waals surface area contributed by atoms with Gasteiger partial charge in [0.05, 0.1) is 39.0 Å². The van der Waals surface area contributed by atoms with Crippen LogP contribution < -0.4 is 0 Å². The van der Waals surface area contributed by atoms with Gasteiger partial charge in [-0.2, -0.15) is 0 Å². The Morgan fingerprint density at radius 3 is 1.51 bits per heavy atom. The summed E-state index contributed by atoms with van der Waals surface area (Å²) in [5.74, 6) is 2.30. The van der Waals surface area contributed by atoms with Crippen LogP contribution in [0.4, 0.5) is 0 Å². The fraction of sp³-hybridized carbons (Fsp3) is 0. The molecule has 0 fully saturated rings. The van der Waals surface area contributed by atoms with Gasteiger partial charge in [-0.25, -0.2) is 24.9 Å². The average Bonchev–Trinajstić information content (AvgIpc) is 4.21. The first-order chi connectivity index (χ1) is 36.2. The van der Waals surface area contributed by atoms with Gasteiger partial charge in [-0.15, -0.1) is 11.3 Å². The third kappa shape index (κ3) is 6.47. The Bertz CT molecular complexity index is 4600. The van der Waals surface area contributed by atoms with E-state index in [-0.39, 0.29) is 0 Å². The summed E-state index contributed by atoms with van der Waals surface area (Å²) in [7, 11) is 0. The highest BCUT2D eigenvalue weighted by atomic mass is 32.1. The van der Waals surface area contributed by atoms with Gasteiger partial charge in [0.1, 0.15) is 0 Å². The van der Waals surface area contributed by atoms with Crippen LogP contribution in [0, 0.1) is 0 Å². The lowest BCUT2D eigenvalue weighted by Gasteiger charge is -2.17. The zero-order valence-electron chi connectivity index (χ0n) is 39.1. The summed E-state index contributed by atoms with van der Waals surface area (Å²) in [6.07, 6.45) is 0. The van der Waals surface area contributed by atoms with Crippen molar-refractivity contribution in [2.75, 3.05) is 0 Å². The van der Waals surface area contributed by atoms with Crippen LogP contribution in [0.5, 0.6) is 0 Å². The van der Waals surface area contributed by atoms with E-state index in [9.17, 15) is 0 Å². The van der Waals surface area contributed by atoms with Gasteiger partial charge >= 0.3 is 0 Å². The maximum absolute atomic E-state index is 5.44. The summed E-state index contributed by atoms with van der Waals surface area (Å²) in [5, 5.41) is 8.20. The molecule has 0 radical (unpaired) electrons. The van der Waals surface area contributed by atoms with Crippen LogP contribution in [0.2, 0.25) is 0 Å². The number of hydrogen-bond donors (Lipinski definition) is 0. The highest BCUT2D eigenvalue weighted by molar-refractivity contribution is 7.27. The second-order valence-corrected chi connectivity index (χ2v) is 19.4. The van der Waals surface area contributed by atoms with Crippen LogP contribution in [-0.4, -0.2) is 34.1 Å². The molecule has 0 spiro atoms. The first kappa shape index (κ1) is 41.2. The van der Waals surface area contributed by atoms with E-state index < -0.39 is 0 Å². The molecule has 0 bridgehead atoms. The van der Waals surface area contributed by atoms with Crippen molar-refractivity contribution in [3.63, 3.8) is 0 Å². The van der Waals surface area contributed by atoms with E-state index in [0.717, 1.165) is 72.3 Å². The van der Waals surface area contributed by atoms with Gasteiger partial charge in [0.25, 0.3) is 0 Å². The molecular weight excluding hydrogens is 911 g/mol. The quantitative estimate of drug-likeness (QED) is 0.159. The number of nitrogens with zero attached hydrogens (tertiary/aromatic N) is 7. The molecule has 10 aromatic carbocycles. The molecule has 15 aromatic rings. The minimum atomic E-state index is 0.533. The largest absolute Gasteiger partial charge is 0.308 e. The Morgan fingerprint density at radius 2 is 0.822 bits per heavy atom. The molecule has 8 heteroatoms. The predicted molar refractivity (Wildman–Crippen MR) is 302 cm³/mol. The van der Waals surface area contributed by atoms with E-state index in [1.165, 1.54) is 47.2 Å². The van der Waals surface area contributed by atoms with Gasteiger partial charge < -0.3 is 9.13 Å². The van der Waals surface area contributed by atoms with Crippen LogP contribution in [0.25, 0.3) is 143 Å². The van der Waals surface area contributed by atoms with Crippen molar-refractivity contribution in [3.05, 3.63) is 237 Å². The van der Waals surface area contributed by atoms with Crippen LogP contribution in [0.3, 0.4) is 0 Å². The highest BCUT2D eigenvalue weighted by Crippen LogP contribution is 2.52. The highest BCUT2D eigenvalue weighted by Gasteiger charge is 2.28. The van der Waals surface area contributed by atoms with E-state index in [1.54, 1.807) is 0 Å². The van der Waals surface area contributed by atoms with Gasteiger partial charge in [0.2, 0.25) is 0 Å². The van der Waals surface area contributed by atoms with Crippen molar-refractivity contribution in [2.45, 2.75) is 0 Å². The summed E-state index contributed by atoms with van der Waals surface area (Å²) in [5.41, 5.74) is 12.7. The predicted octanol–water partition coefficient (Wildman–Crippen LogP) is 16.7. The molecule has 73 heavy (non-hydrogen) atoms. The van der Waals surface area contributed by atoms with Crippen molar-refractivity contribution in [2.24, 2.45) is 0 Å². The SMILES string of the molecule is c1ccc(-c2nc(-c3ccccc3)nc(-c3cc(-c4nc(-c5ccccc5)c5ccccc5n4)ccc3-n3c4ccccc4c4c5sc6ccccc6c5c5c(c6ccccc6n5-c5ccccc5)c43)n2)cc1. The smallest absolute Gasteiger partial charge is 0.166 e. The van der Waals surface area contributed by atoms with Crippen LogP contribution >= 0.6 is 11.3 Å². The van der Waals surface area contributed by atoms with Crippen molar-refractivity contribution in [1.82, 2.24) is 34.1 Å². The minimum absolute atomic E-state index is 0.533. The number of para-hydroxylation sites is 4. The molecule has 0 N–H and O–H groups in total. The molecular formula is C65H39N7S. The lowest BCUT2D eigenvalue weighted by Crippen LogP contribution is -2.05. The number of fused-ring (bicyclic) bond motifs is 13. The number of rotatable bonds is 7. The number of benzene rings is 10. The normalized spacial score (nSPS) is 11.8. The Morgan fingerprint density at radius 1 is 0.329 bits per heavy atom. The minimum Gasteiger partial charge on any atom is -0.308 e. The number of thiophene rings is 1. The molecule has 0 saturated carbocycles. The first-order valence-corrected chi connectivity index (χ1v) is 25.2. The van der Waals surface area contributed by atoms with Crippen molar-refractivity contribution >= 4 is 86.0 Å². The lowest BCUT2D eigenvalue weighted by molar-refractivity contribution is 1.06. The van der Waals surface area contributed by atoms with Gasteiger partial charge in [0, 0.05) is 80.6 Å². The summed E-state index contributed by atoms with van der Waals surface area (Å²) in [6, 6.07) is 82.9. The number of aromatic nitrogens is 7. The molecule has 0 amide bonds. The van der Waals surface area contributed by atoms with Crippen LogP contribution in [0.15, 0.2) is 237 Å². The molecule has 0 unspecified atom stereocenters. The maximum atomic E-state index is 5.44. The van der Waals surface area contributed by atoms with Crippen molar-refractivity contribution < 1.29 is 0 Å². The van der Waals surface area contributed by atoms with Crippen LogP contribution in [-0.2, 0) is 0 Å². The molecule has 15 rings (SSSR count). The Balaban J connectivity index is 1.12. The van der Waals surface area contributed by atoms with Gasteiger partial charge in [-0.05, 0) is 54.6 Å². The van der Waals surface area contributed by atoms with Gasteiger partial charge in [0.15, 0.2) is 23.3 Å². The van der Waals surface area contributed by atoms with E-state index in [4.69, 9.17) is 24.9 Å². The van der Waals surface area contributed by atoms with E-state index in [2.05, 4.69) is 191 Å². The number of hydrogen-bond acceptors (Lipinski definition) is 6. The summed E-state index contributed by atoms with van der Waals surface area (Å²) in [6.45, 7) is 0. The van der Waals surface area contributed by atoms with Crippen molar-refractivity contribution in [1.29, 1.82) is 0 Å². The van der Waals surface area contributed by atoms with E-state index in [1.807, 2.05) is 65.9 Å². The van der Waals surface area contributed by atoms with Gasteiger partial charge in [-0.3, -0.25) is 0 Å². The molecule has 5 aromatic heterocycles. The Hall–Kier alpha value is -9.63. The molecule has 0 atom stereocenters. The van der Waals surface area contributed by atoms with Crippen molar-refractivity contribution in [3.8, 4) is 68.2 Å². The fourth-order valence-electron chi connectivity index (χ4n) is 11.0. The lowest BCUT2D eigenvalue weighted by atomic mass is 10.0. The summed E-state index contributed by atoms with van der Waals surface area (Å²) >= 11 is 1.87. The third-order valence-corrected chi connectivity index (χ3v) is 15.3. The monoisotopic (exact) mass is 949 g/mol. The molecule has 0 saturated heterocycles. The zero-order valence-corrected chi connectivity index (χ0v) is 39.9. The average molecular weight is 950 g/mol. The summed E-state index contributed by atoms with van der Waals surface area (Å²) < 4.78 is 7.44. The first-order valence-electron chi connectivity index (χ1n) is 24.4. The molecule has 7 nitrogen and oxygen atoms in total. The van der Waals surface area contributed by atoms with E-state index >= 15 is 0 Å². The van der Waals surface area contributed by atoms with E-state index in [0.29, 0.717) is 23.3 Å². The third-order valence-electron chi connectivity index (χ3n) is 14.1. The topological polar surface area (TPSA) is 74.3 Å². The fourth-order valence-corrected chi connectivity index (χ4v) is 12.2. The molecule has 340 valence electrons. The maximum Gasteiger partial charge on any atom is 0.166 e. The van der Waals surface area contributed by atoms with Gasteiger partial charge in [-0.1, -0.05) is 182 Å². The zero-order chi connectivity index (χ0) is 48.0. The molecule has 0 aliphatic rings. The molecule has 0 aliphatic carbocycles. The summed E-state index contributed by atoms with van der Waals surface area (Å²) in [4.78, 5) is 26.7. The Labute approximate surface area is 422 Å².